The van der Waals surface area contributed by atoms with E-state index in [1.807, 2.05) is 4.90 Å². The van der Waals surface area contributed by atoms with Crippen LogP contribution in [-0.2, 0) is 14.3 Å². The minimum Gasteiger partial charge on any atom is -0.480 e. The average Bonchev–Trinajstić information content (AvgIpc) is 2.35. The molecule has 0 aromatic heterocycles. The largest absolute Gasteiger partial charge is 0.480 e. The molecular weight excluding hydrogens is 234 g/mol. The summed E-state index contributed by atoms with van der Waals surface area (Å²) < 4.78 is 4.87. The molecule has 0 aliphatic heterocycles. The van der Waals surface area contributed by atoms with Gasteiger partial charge in [-0.1, -0.05) is 19.3 Å². The maximum atomic E-state index is 11.3. The molecule has 0 spiro atoms. The molecule has 1 N–H and O–H groups in total. The summed E-state index contributed by atoms with van der Waals surface area (Å²) in [6, 6.07) is 0.310. The summed E-state index contributed by atoms with van der Waals surface area (Å²) in [6.07, 6.45) is 5.89. The van der Waals surface area contributed by atoms with Gasteiger partial charge in [0, 0.05) is 12.6 Å². The smallest absolute Gasteiger partial charge is 0.317 e. The van der Waals surface area contributed by atoms with Crippen LogP contribution in [0.3, 0.4) is 0 Å². The van der Waals surface area contributed by atoms with E-state index in [9.17, 15) is 9.59 Å². The van der Waals surface area contributed by atoms with Crippen LogP contribution in [0.5, 0.6) is 0 Å². The number of ether oxygens (including phenoxy) is 1. The lowest BCUT2D eigenvalue weighted by atomic mass is 9.94. The lowest BCUT2D eigenvalue weighted by molar-refractivity contribution is -0.145. The first-order valence-corrected chi connectivity index (χ1v) is 6.75. The van der Waals surface area contributed by atoms with Crippen LogP contribution < -0.4 is 0 Å². The van der Waals surface area contributed by atoms with Crippen LogP contribution in [0.4, 0.5) is 0 Å². The van der Waals surface area contributed by atoms with Crippen molar-refractivity contribution in [3.05, 3.63) is 0 Å². The van der Waals surface area contributed by atoms with Crippen LogP contribution in [0.15, 0.2) is 0 Å². The summed E-state index contributed by atoms with van der Waals surface area (Å²) in [4.78, 5) is 24.1. The molecule has 1 fully saturated rings. The summed E-state index contributed by atoms with van der Waals surface area (Å²) in [5.74, 6) is -1.08. The fourth-order valence-electron chi connectivity index (χ4n) is 2.48. The summed E-state index contributed by atoms with van der Waals surface area (Å²) in [7, 11) is 0. The minimum absolute atomic E-state index is 0.0179. The summed E-state index contributed by atoms with van der Waals surface area (Å²) in [6.45, 7) is 2.65. The normalized spacial score (nSPS) is 16.8. The Labute approximate surface area is 108 Å². The van der Waals surface area contributed by atoms with Crippen molar-refractivity contribution in [1.29, 1.82) is 0 Å². The Kier molecular flexibility index (Phi) is 6.72. The van der Waals surface area contributed by atoms with Gasteiger partial charge in [-0.2, -0.15) is 0 Å². The zero-order valence-electron chi connectivity index (χ0n) is 11.1. The van der Waals surface area contributed by atoms with Crippen molar-refractivity contribution in [2.75, 3.05) is 19.7 Å². The Bertz CT molecular complexity index is 274. The quantitative estimate of drug-likeness (QED) is 0.703. The number of esters is 1. The summed E-state index contributed by atoms with van der Waals surface area (Å²) in [5, 5.41) is 8.93. The van der Waals surface area contributed by atoms with E-state index in [0.717, 1.165) is 25.7 Å². The Morgan fingerprint density at radius 3 is 2.50 bits per heavy atom. The van der Waals surface area contributed by atoms with Gasteiger partial charge >= 0.3 is 11.9 Å². The average molecular weight is 257 g/mol. The lowest BCUT2D eigenvalue weighted by Crippen LogP contribution is -2.41. The molecule has 0 heterocycles. The van der Waals surface area contributed by atoms with Gasteiger partial charge in [-0.25, -0.2) is 0 Å². The van der Waals surface area contributed by atoms with Gasteiger partial charge in [-0.3, -0.25) is 14.5 Å². The SMILES string of the molecule is CCOC(=O)CCN(CC(=O)O)C1CCCCC1. The Morgan fingerprint density at radius 2 is 1.94 bits per heavy atom. The second kappa shape index (κ2) is 8.08. The standard InChI is InChI=1S/C13H23NO4/c1-2-18-13(17)8-9-14(10-12(15)16)11-6-4-3-5-7-11/h11H,2-10H2,1H3,(H,15,16). The van der Waals surface area contributed by atoms with Crippen LogP contribution >= 0.6 is 0 Å². The molecule has 1 aliphatic carbocycles. The molecule has 0 aromatic rings. The summed E-state index contributed by atoms with van der Waals surface area (Å²) >= 11 is 0. The van der Waals surface area contributed by atoms with E-state index in [1.54, 1.807) is 6.92 Å². The predicted molar refractivity (Wildman–Crippen MR) is 67.3 cm³/mol. The molecule has 0 radical (unpaired) electrons. The van der Waals surface area contributed by atoms with Crippen molar-refractivity contribution in [1.82, 2.24) is 4.90 Å². The fraction of sp³-hybridized carbons (Fsp3) is 0.846. The Balaban J connectivity index is 2.43. The second-order valence-corrected chi connectivity index (χ2v) is 4.71. The number of nitrogens with zero attached hydrogens (tertiary/aromatic N) is 1. The molecule has 18 heavy (non-hydrogen) atoms. The van der Waals surface area contributed by atoms with Gasteiger partial charge in [0.1, 0.15) is 0 Å². The lowest BCUT2D eigenvalue weighted by Gasteiger charge is -2.32. The fourth-order valence-corrected chi connectivity index (χ4v) is 2.48. The zero-order chi connectivity index (χ0) is 13.4. The molecule has 5 heteroatoms. The van der Waals surface area contributed by atoms with Crippen LogP contribution in [0, 0.1) is 0 Å². The maximum absolute atomic E-state index is 11.3. The van der Waals surface area contributed by atoms with Crippen LogP contribution in [0.25, 0.3) is 0 Å². The van der Waals surface area contributed by atoms with E-state index >= 15 is 0 Å². The molecule has 1 saturated carbocycles. The maximum Gasteiger partial charge on any atom is 0.317 e. The highest BCUT2D eigenvalue weighted by Gasteiger charge is 2.23. The number of hydrogen-bond donors (Lipinski definition) is 1. The molecule has 0 amide bonds. The van der Waals surface area contributed by atoms with Crippen molar-refractivity contribution in [3.63, 3.8) is 0 Å². The van der Waals surface area contributed by atoms with Crippen molar-refractivity contribution >= 4 is 11.9 Å². The first kappa shape index (κ1) is 15.0. The molecular formula is C13H23NO4. The van der Waals surface area contributed by atoms with E-state index < -0.39 is 5.97 Å². The minimum atomic E-state index is -0.829. The number of rotatable bonds is 7. The number of carbonyl (C=O) groups excluding carboxylic acids is 1. The third-order valence-corrected chi connectivity index (χ3v) is 3.34. The molecule has 0 aromatic carbocycles. The van der Waals surface area contributed by atoms with Gasteiger partial charge in [0.05, 0.1) is 19.6 Å². The zero-order valence-corrected chi connectivity index (χ0v) is 11.1. The number of carboxylic acid groups (broad SMARTS) is 1. The number of carboxylic acids is 1. The molecule has 5 nitrogen and oxygen atoms in total. The first-order chi connectivity index (χ1) is 8.63. The van der Waals surface area contributed by atoms with Gasteiger partial charge in [-0.15, -0.1) is 0 Å². The molecule has 0 saturated heterocycles. The van der Waals surface area contributed by atoms with Crippen LogP contribution in [0.2, 0.25) is 0 Å². The van der Waals surface area contributed by atoms with Gasteiger partial charge in [0.2, 0.25) is 0 Å². The summed E-state index contributed by atoms with van der Waals surface area (Å²) in [5.41, 5.74) is 0. The molecule has 104 valence electrons. The highest BCUT2D eigenvalue weighted by atomic mass is 16.5. The van der Waals surface area contributed by atoms with Crippen LogP contribution in [-0.4, -0.2) is 47.7 Å². The topological polar surface area (TPSA) is 66.8 Å². The Hall–Kier alpha value is -1.10. The third-order valence-electron chi connectivity index (χ3n) is 3.34. The predicted octanol–water partition coefficient (Wildman–Crippen LogP) is 1.66. The van der Waals surface area contributed by atoms with E-state index in [4.69, 9.17) is 9.84 Å². The molecule has 0 atom stereocenters. The molecule has 1 rings (SSSR count). The van der Waals surface area contributed by atoms with Gasteiger partial charge < -0.3 is 9.84 Å². The Morgan fingerprint density at radius 1 is 1.28 bits per heavy atom. The molecule has 1 aliphatic rings. The number of carbonyl (C=O) groups is 2. The van der Waals surface area contributed by atoms with E-state index in [0.29, 0.717) is 19.2 Å². The monoisotopic (exact) mass is 257 g/mol. The van der Waals surface area contributed by atoms with E-state index in [-0.39, 0.29) is 18.9 Å². The van der Waals surface area contributed by atoms with E-state index in [1.165, 1.54) is 6.42 Å². The number of hydrogen-bond acceptors (Lipinski definition) is 4. The molecule has 0 unspecified atom stereocenters. The van der Waals surface area contributed by atoms with Crippen molar-refractivity contribution in [3.8, 4) is 0 Å². The van der Waals surface area contributed by atoms with Gasteiger partial charge in [-0.05, 0) is 19.8 Å². The van der Waals surface area contributed by atoms with Crippen LogP contribution in [0.1, 0.15) is 45.4 Å². The van der Waals surface area contributed by atoms with Gasteiger partial charge in [0.25, 0.3) is 0 Å². The number of aliphatic carboxylic acids is 1. The van der Waals surface area contributed by atoms with Crippen molar-refractivity contribution in [2.45, 2.75) is 51.5 Å². The first-order valence-electron chi connectivity index (χ1n) is 6.75. The van der Waals surface area contributed by atoms with Crippen molar-refractivity contribution in [2.24, 2.45) is 0 Å². The van der Waals surface area contributed by atoms with Crippen molar-refractivity contribution < 1.29 is 19.4 Å². The van der Waals surface area contributed by atoms with E-state index in [2.05, 4.69) is 0 Å². The van der Waals surface area contributed by atoms with Gasteiger partial charge in [0.15, 0.2) is 0 Å². The highest BCUT2D eigenvalue weighted by Crippen LogP contribution is 2.22. The highest BCUT2D eigenvalue weighted by molar-refractivity contribution is 5.70. The third kappa shape index (κ3) is 5.49. The molecule has 0 bridgehead atoms. The second-order valence-electron chi connectivity index (χ2n) is 4.71.